The highest BCUT2D eigenvalue weighted by atomic mass is 35.5. The maximum Gasteiger partial charge on any atom is 0.361 e. The third-order valence-corrected chi connectivity index (χ3v) is 9.81. The molecular weight excluding hydrogens is 557 g/mol. The van der Waals surface area contributed by atoms with Gasteiger partial charge in [-0.05, 0) is 42.7 Å². The number of nitrogens with zero attached hydrogens (tertiary/aromatic N) is 4. The van der Waals surface area contributed by atoms with Crippen molar-refractivity contribution in [2.75, 3.05) is 39.4 Å². The second-order valence-corrected chi connectivity index (χ2v) is 12.8. The number of ether oxygens (including phenoxy) is 4. The minimum atomic E-state index is -4.89. The van der Waals surface area contributed by atoms with Crippen molar-refractivity contribution in [3.63, 3.8) is 0 Å². The first-order valence-corrected chi connectivity index (χ1v) is 14.9. The van der Waals surface area contributed by atoms with Crippen LogP contribution in [0, 0.1) is 11.8 Å². The SMILES string of the molecule is COCC(COC)(OC[C@H]1O[C@@H](n2ncc3c(N[C@@H]4CC[C@H]5CCC[C@H]54)nc(Cl)nc32)[C@H](O)[C@@H]1O)P(=O)(O)O. The Kier molecular flexibility index (Phi) is 8.52. The molecule has 1 saturated heterocycles. The predicted octanol–water partition coefficient (Wildman–Crippen LogP) is 1.27. The summed E-state index contributed by atoms with van der Waals surface area (Å²) in [5.74, 6) is 1.88. The van der Waals surface area contributed by atoms with Gasteiger partial charge in [-0.15, -0.1) is 0 Å². The summed E-state index contributed by atoms with van der Waals surface area (Å²) in [5, 5.41) is 27.9. The normalized spacial score (nSPS) is 31.3. The number of halogens is 1. The molecule has 2 aromatic rings. The molecule has 0 amide bonds. The van der Waals surface area contributed by atoms with Gasteiger partial charge < -0.3 is 44.3 Å². The fourth-order valence-corrected chi connectivity index (χ4v) is 7.25. The summed E-state index contributed by atoms with van der Waals surface area (Å²) in [6, 6.07) is 0.278. The van der Waals surface area contributed by atoms with Crippen LogP contribution in [-0.2, 0) is 23.5 Å². The zero-order valence-corrected chi connectivity index (χ0v) is 23.4. The summed E-state index contributed by atoms with van der Waals surface area (Å²) >= 11 is 6.28. The van der Waals surface area contributed by atoms with Crippen LogP contribution in [0.1, 0.15) is 38.3 Å². The Hall–Kier alpha value is -1.45. The average Bonchev–Trinajstić information content (AvgIpc) is 3.64. The summed E-state index contributed by atoms with van der Waals surface area (Å²) in [6.07, 6.45) is 2.23. The van der Waals surface area contributed by atoms with Gasteiger partial charge in [0.15, 0.2) is 11.9 Å². The van der Waals surface area contributed by atoms with Gasteiger partial charge in [0.1, 0.15) is 24.1 Å². The van der Waals surface area contributed by atoms with Crippen LogP contribution in [0.25, 0.3) is 11.0 Å². The minimum Gasteiger partial charge on any atom is -0.387 e. The quantitative estimate of drug-likeness (QED) is 0.186. The second-order valence-electron chi connectivity index (χ2n) is 10.6. The summed E-state index contributed by atoms with van der Waals surface area (Å²) in [6.45, 7) is -1.42. The van der Waals surface area contributed by atoms with Crippen molar-refractivity contribution in [3.8, 4) is 0 Å². The van der Waals surface area contributed by atoms with Gasteiger partial charge in [-0.25, -0.2) is 4.68 Å². The molecule has 0 unspecified atom stereocenters. The number of hydrogen-bond donors (Lipinski definition) is 5. The van der Waals surface area contributed by atoms with Crippen molar-refractivity contribution in [2.45, 2.75) is 68.0 Å². The van der Waals surface area contributed by atoms with Crippen molar-refractivity contribution in [1.82, 2.24) is 19.7 Å². The van der Waals surface area contributed by atoms with Crippen molar-refractivity contribution in [1.29, 1.82) is 0 Å². The van der Waals surface area contributed by atoms with Gasteiger partial charge in [0, 0.05) is 20.3 Å². The summed E-state index contributed by atoms with van der Waals surface area (Å²) in [7, 11) is -2.36. The molecule has 218 valence electrons. The van der Waals surface area contributed by atoms with Crippen LogP contribution in [0.5, 0.6) is 0 Å². The highest BCUT2D eigenvalue weighted by molar-refractivity contribution is 7.53. The first kappa shape index (κ1) is 29.1. The topological polar surface area (TPSA) is 191 Å². The Labute approximate surface area is 230 Å². The van der Waals surface area contributed by atoms with E-state index in [-0.39, 0.29) is 11.3 Å². The summed E-state index contributed by atoms with van der Waals surface area (Å²) in [5.41, 5.74) is 0.305. The maximum absolute atomic E-state index is 12.2. The van der Waals surface area contributed by atoms with E-state index in [4.69, 9.17) is 30.5 Å². The zero-order chi connectivity index (χ0) is 27.9. The largest absolute Gasteiger partial charge is 0.387 e. The fraction of sp³-hybridized carbons (Fsp3) is 0.783. The van der Waals surface area contributed by atoms with Crippen LogP contribution in [0.3, 0.4) is 0 Å². The maximum atomic E-state index is 12.2. The predicted molar refractivity (Wildman–Crippen MR) is 138 cm³/mol. The molecule has 3 aliphatic rings. The molecule has 2 saturated carbocycles. The molecule has 3 fully saturated rings. The molecule has 1 aliphatic heterocycles. The zero-order valence-electron chi connectivity index (χ0n) is 21.7. The summed E-state index contributed by atoms with van der Waals surface area (Å²) in [4.78, 5) is 28.6. The first-order valence-electron chi connectivity index (χ1n) is 12.9. The lowest BCUT2D eigenvalue weighted by molar-refractivity contribution is -0.129. The number of fused-ring (bicyclic) bond motifs is 2. The number of aliphatic hydroxyl groups is 2. The number of aliphatic hydroxyl groups excluding tert-OH is 2. The molecule has 16 heteroatoms. The molecule has 0 spiro atoms. The number of rotatable bonds is 11. The van der Waals surface area contributed by atoms with Crippen LogP contribution >= 0.6 is 19.2 Å². The van der Waals surface area contributed by atoms with Crippen LogP contribution in [-0.4, -0.2) is 103 Å². The Bertz CT molecular complexity index is 1210. The Morgan fingerprint density at radius 3 is 2.59 bits per heavy atom. The molecule has 0 bridgehead atoms. The number of aromatic nitrogens is 4. The lowest BCUT2D eigenvalue weighted by Gasteiger charge is -2.33. The lowest BCUT2D eigenvalue weighted by atomic mass is 9.97. The summed E-state index contributed by atoms with van der Waals surface area (Å²) < 4.78 is 35.0. The van der Waals surface area contributed by atoms with E-state index in [2.05, 4.69) is 20.4 Å². The molecule has 0 radical (unpaired) electrons. The average molecular weight is 592 g/mol. The molecule has 7 atom stereocenters. The van der Waals surface area contributed by atoms with Gasteiger partial charge >= 0.3 is 7.60 Å². The van der Waals surface area contributed by atoms with E-state index in [1.54, 1.807) is 6.20 Å². The van der Waals surface area contributed by atoms with Gasteiger partial charge in [0.05, 0.1) is 31.4 Å². The molecule has 2 aliphatic carbocycles. The molecular formula is C23H35ClN5O9P. The minimum absolute atomic E-state index is 0.00815. The number of nitrogens with one attached hydrogen (secondary N) is 1. The van der Waals surface area contributed by atoms with Crippen LogP contribution < -0.4 is 5.32 Å². The van der Waals surface area contributed by atoms with Crippen LogP contribution in [0.15, 0.2) is 6.20 Å². The molecule has 3 heterocycles. The van der Waals surface area contributed by atoms with Gasteiger partial charge in [0.25, 0.3) is 0 Å². The van der Waals surface area contributed by atoms with Gasteiger partial charge in [-0.3, -0.25) is 4.57 Å². The first-order chi connectivity index (χ1) is 18.6. The second kappa shape index (κ2) is 11.4. The fourth-order valence-electron chi connectivity index (χ4n) is 6.25. The molecule has 0 aromatic carbocycles. The molecule has 5 N–H and O–H groups in total. The molecule has 39 heavy (non-hydrogen) atoms. The van der Waals surface area contributed by atoms with E-state index >= 15 is 0 Å². The van der Waals surface area contributed by atoms with E-state index in [0.717, 1.165) is 12.3 Å². The van der Waals surface area contributed by atoms with Gasteiger partial charge in [0.2, 0.25) is 10.6 Å². The Morgan fingerprint density at radius 2 is 1.90 bits per heavy atom. The monoisotopic (exact) mass is 591 g/mol. The van der Waals surface area contributed by atoms with Gasteiger partial charge in [-0.1, -0.05) is 12.8 Å². The number of methoxy groups -OCH3 is 2. The Morgan fingerprint density at radius 1 is 1.15 bits per heavy atom. The molecule has 14 nitrogen and oxygen atoms in total. The lowest BCUT2D eigenvalue weighted by Crippen LogP contribution is -2.45. The van der Waals surface area contributed by atoms with E-state index in [1.807, 2.05) is 0 Å². The highest BCUT2D eigenvalue weighted by Crippen LogP contribution is 2.52. The molecule has 2 aromatic heterocycles. The Balaban J connectivity index is 1.36. The van der Waals surface area contributed by atoms with E-state index in [9.17, 15) is 24.6 Å². The van der Waals surface area contributed by atoms with Crippen LogP contribution in [0.2, 0.25) is 5.28 Å². The van der Waals surface area contributed by atoms with E-state index in [0.29, 0.717) is 22.8 Å². The molecule has 5 rings (SSSR count). The van der Waals surface area contributed by atoms with E-state index in [1.165, 1.54) is 44.6 Å². The van der Waals surface area contributed by atoms with Crippen LogP contribution in [0.4, 0.5) is 5.82 Å². The van der Waals surface area contributed by atoms with Crippen molar-refractivity contribution >= 4 is 36.0 Å². The number of anilines is 1. The van der Waals surface area contributed by atoms with E-state index < -0.39 is 57.3 Å². The van der Waals surface area contributed by atoms with Crippen molar-refractivity contribution < 1.29 is 43.5 Å². The van der Waals surface area contributed by atoms with Crippen molar-refractivity contribution in [3.05, 3.63) is 11.5 Å². The third kappa shape index (κ3) is 5.44. The number of hydrogen-bond acceptors (Lipinski definition) is 11. The highest BCUT2D eigenvalue weighted by Gasteiger charge is 2.52. The van der Waals surface area contributed by atoms with Crippen molar-refractivity contribution in [2.24, 2.45) is 11.8 Å². The smallest absolute Gasteiger partial charge is 0.361 e. The standard InChI is InChI=1S/C23H35ClN5O9P/c1-35-10-23(11-36-2,39(32,33)34)37-9-16-17(30)18(31)21(38-16)29-20-14(8-25-29)19(27-22(24)28-20)26-15-7-6-12-4-3-5-13(12)15/h8,12-13,15-18,21,30-31H,3-7,9-11H2,1-2H3,(H,26,27,28)(H2,32,33,34)/t12-,13-,15-,16-,17-,18-,21-/m1/s1. The third-order valence-electron chi connectivity index (χ3n) is 8.20. The van der Waals surface area contributed by atoms with Gasteiger partial charge in [-0.2, -0.15) is 15.1 Å².